The molecule has 3 heteroatoms. The normalized spacial score (nSPS) is 10.1. The second-order valence-electron chi connectivity index (χ2n) is 3.07. The standard InChI is InChI=1S/C11H9NOS/c1-8-6-11(14-12-8)10-4-2-9(7-13)3-5-10/h2-7H,1H3. The van der Waals surface area contributed by atoms with E-state index in [4.69, 9.17) is 0 Å². The monoisotopic (exact) mass is 203 g/mol. The molecule has 0 bridgehead atoms. The summed E-state index contributed by atoms with van der Waals surface area (Å²) in [6.45, 7) is 1.97. The second kappa shape index (κ2) is 3.72. The van der Waals surface area contributed by atoms with Crippen LogP contribution in [0.4, 0.5) is 0 Å². The second-order valence-corrected chi connectivity index (χ2v) is 3.88. The van der Waals surface area contributed by atoms with E-state index in [1.807, 2.05) is 37.3 Å². The molecule has 14 heavy (non-hydrogen) atoms. The first-order valence-corrected chi connectivity index (χ1v) is 5.06. The Hall–Kier alpha value is -1.48. The maximum atomic E-state index is 10.4. The smallest absolute Gasteiger partial charge is 0.150 e. The van der Waals surface area contributed by atoms with Gasteiger partial charge in [-0.05, 0) is 30.1 Å². The van der Waals surface area contributed by atoms with Crippen LogP contribution in [0.3, 0.4) is 0 Å². The van der Waals surface area contributed by atoms with Gasteiger partial charge in [-0.15, -0.1) is 0 Å². The van der Waals surface area contributed by atoms with Gasteiger partial charge in [0, 0.05) is 5.56 Å². The summed E-state index contributed by atoms with van der Waals surface area (Å²) in [6, 6.07) is 9.56. The van der Waals surface area contributed by atoms with E-state index in [0.717, 1.165) is 22.4 Å². The quantitative estimate of drug-likeness (QED) is 0.702. The van der Waals surface area contributed by atoms with Crippen LogP contribution in [0.1, 0.15) is 16.1 Å². The van der Waals surface area contributed by atoms with Crippen molar-refractivity contribution in [3.8, 4) is 10.4 Å². The van der Waals surface area contributed by atoms with Gasteiger partial charge >= 0.3 is 0 Å². The lowest BCUT2D eigenvalue weighted by atomic mass is 10.1. The van der Waals surface area contributed by atoms with E-state index in [1.165, 1.54) is 11.5 Å². The highest BCUT2D eigenvalue weighted by atomic mass is 32.1. The number of nitrogens with zero attached hydrogens (tertiary/aromatic N) is 1. The third-order valence-electron chi connectivity index (χ3n) is 1.96. The molecular formula is C11H9NOS. The van der Waals surface area contributed by atoms with Crippen LogP contribution in [0, 0.1) is 6.92 Å². The van der Waals surface area contributed by atoms with Gasteiger partial charge in [0.2, 0.25) is 0 Å². The van der Waals surface area contributed by atoms with Crippen molar-refractivity contribution in [2.45, 2.75) is 6.92 Å². The maximum absolute atomic E-state index is 10.4. The summed E-state index contributed by atoms with van der Waals surface area (Å²) in [6.07, 6.45) is 0.849. The van der Waals surface area contributed by atoms with E-state index in [-0.39, 0.29) is 0 Å². The van der Waals surface area contributed by atoms with Gasteiger partial charge in [0.05, 0.1) is 10.6 Å². The summed E-state index contributed by atoms with van der Waals surface area (Å²) in [5.74, 6) is 0. The first-order valence-electron chi connectivity index (χ1n) is 4.28. The molecule has 0 atom stereocenters. The van der Waals surface area contributed by atoms with Crippen LogP contribution in [-0.2, 0) is 0 Å². The molecule has 0 radical (unpaired) electrons. The molecule has 0 aliphatic rings. The molecule has 0 saturated heterocycles. The average Bonchev–Trinajstić information content (AvgIpc) is 2.65. The number of rotatable bonds is 2. The number of hydrogen-bond acceptors (Lipinski definition) is 3. The van der Waals surface area contributed by atoms with Crippen molar-refractivity contribution in [1.29, 1.82) is 0 Å². The average molecular weight is 203 g/mol. The van der Waals surface area contributed by atoms with Crippen LogP contribution in [0.2, 0.25) is 0 Å². The van der Waals surface area contributed by atoms with Crippen molar-refractivity contribution >= 4 is 17.8 Å². The van der Waals surface area contributed by atoms with Crippen LogP contribution < -0.4 is 0 Å². The van der Waals surface area contributed by atoms with Crippen molar-refractivity contribution in [2.24, 2.45) is 0 Å². The van der Waals surface area contributed by atoms with Crippen molar-refractivity contribution in [3.63, 3.8) is 0 Å². The zero-order chi connectivity index (χ0) is 9.97. The molecule has 2 rings (SSSR count). The minimum atomic E-state index is 0.704. The summed E-state index contributed by atoms with van der Waals surface area (Å²) in [5.41, 5.74) is 2.85. The Labute approximate surface area is 86.4 Å². The highest BCUT2D eigenvalue weighted by Gasteiger charge is 2.01. The van der Waals surface area contributed by atoms with Crippen LogP contribution in [0.25, 0.3) is 10.4 Å². The van der Waals surface area contributed by atoms with Gasteiger partial charge in [-0.1, -0.05) is 24.3 Å². The van der Waals surface area contributed by atoms with Crippen molar-refractivity contribution in [3.05, 3.63) is 41.6 Å². The predicted molar refractivity (Wildman–Crippen MR) is 57.7 cm³/mol. The van der Waals surface area contributed by atoms with Gasteiger partial charge in [-0.2, -0.15) is 4.37 Å². The molecule has 1 heterocycles. The molecule has 2 nitrogen and oxygen atoms in total. The lowest BCUT2D eigenvalue weighted by Gasteiger charge is -1.95. The summed E-state index contributed by atoms with van der Waals surface area (Å²) in [7, 11) is 0. The number of aryl methyl sites for hydroxylation is 1. The largest absolute Gasteiger partial charge is 0.298 e. The Morgan fingerprint density at radius 1 is 1.29 bits per heavy atom. The minimum Gasteiger partial charge on any atom is -0.298 e. The molecule has 1 aromatic carbocycles. The molecule has 0 fully saturated rings. The SMILES string of the molecule is Cc1cc(-c2ccc(C=O)cc2)sn1. The van der Waals surface area contributed by atoms with Gasteiger partial charge in [0.15, 0.2) is 0 Å². The number of carbonyl (C=O) groups is 1. The lowest BCUT2D eigenvalue weighted by Crippen LogP contribution is -1.78. The molecule has 0 amide bonds. The van der Waals surface area contributed by atoms with E-state index < -0.39 is 0 Å². The lowest BCUT2D eigenvalue weighted by molar-refractivity contribution is 0.112. The van der Waals surface area contributed by atoms with E-state index in [9.17, 15) is 4.79 Å². The van der Waals surface area contributed by atoms with Gasteiger partial charge < -0.3 is 0 Å². The Kier molecular flexibility index (Phi) is 2.41. The van der Waals surface area contributed by atoms with Crippen molar-refractivity contribution in [2.75, 3.05) is 0 Å². The van der Waals surface area contributed by atoms with E-state index >= 15 is 0 Å². The summed E-state index contributed by atoms with van der Waals surface area (Å²) in [5, 5.41) is 0. The Morgan fingerprint density at radius 2 is 2.00 bits per heavy atom. The van der Waals surface area contributed by atoms with Crippen LogP contribution in [0.5, 0.6) is 0 Å². The van der Waals surface area contributed by atoms with Gasteiger partial charge in [0.25, 0.3) is 0 Å². The number of carbonyl (C=O) groups excluding carboxylic acids is 1. The third kappa shape index (κ3) is 1.72. The fourth-order valence-corrected chi connectivity index (χ4v) is 1.99. The molecular weight excluding hydrogens is 194 g/mol. The molecule has 0 aliphatic carbocycles. The summed E-state index contributed by atoms with van der Waals surface area (Å²) in [4.78, 5) is 11.6. The summed E-state index contributed by atoms with van der Waals surface area (Å²) >= 11 is 1.48. The molecule has 0 unspecified atom stereocenters. The van der Waals surface area contributed by atoms with Crippen LogP contribution in [-0.4, -0.2) is 10.7 Å². The first-order chi connectivity index (χ1) is 6.79. The number of benzene rings is 1. The molecule has 0 spiro atoms. The Bertz CT molecular complexity index is 445. The number of aldehydes is 1. The van der Waals surface area contributed by atoms with Crippen molar-refractivity contribution in [1.82, 2.24) is 4.37 Å². The predicted octanol–water partition coefficient (Wildman–Crippen LogP) is 2.93. The number of aromatic nitrogens is 1. The Morgan fingerprint density at radius 3 is 2.50 bits per heavy atom. The maximum Gasteiger partial charge on any atom is 0.150 e. The van der Waals surface area contributed by atoms with Gasteiger partial charge in [-0.3, -0.25) is 4.79 Å². The van der Waals surface area contributed by atoms with Crippen LogP contribution in [0.15, 0.2) is 30.3 Å². The highest BCUT2D eigenvalue weighted by Crippen LogP contribution is 2.24. The van der Waals surface area contributed by atoms with Gasteiger partial charge in [0.1, 0.15) is 6.29 Å². The summed E-state index contributed by atoms with van der Waals surface area (Å²) < 4.78 is 4.21. The fraction of sp³-hybridized carbons (Fsp3) is 0.0909. The van der Waals surface area contributed by atoms with E-state index in [2.05, 4.69) is 4.37 Å². The third-order valence-corrected chi connectivity index (χ3v) is 2.89. The fourth-order valence-electron chi connectivity index (χ4n) is 1.23. The molecule has 70 valence electrons. The molecule has 0 N–H and O–H groups in total. The number of hydrogen-bond donors (Lipinski definition) is 0. The topological polar surface area (TPSA) is 30.0 Å². The van der Waals surface area contributed by atoms with Crippen LogP contribution >= 0.6 is 11.5 Å². The molecule has 0 saturated carbocycles. The highest BCUT2D eigenvalue weighted by molar-refractivity contribution is 7.09. The van der Waals surface area contributed by atoms with Gasteiger partial charge in [-0.25, -0.2) is 0 Å². The molecule has 2 aromatic rings. The molecule has 1 aromatic heterocycles. The van der Waals surface area contributed by atoms with E-state index in [1.54, 1.807) is 0 Å². The zero-order valence-electron chi connectivity index (χ0n) is 7.73. The first kappa shape index (κ1) is 9.09. The zero-order valence-corrected chi connectivity index (χ0v) is 8.54. The van der Waals surface area contributed by atoms with E-state index in [0.29, 0.717) is 5.56 Å². The Balaban J connectivity index is 2.38. The molecule has 0 aliphatic heterocycles. The minimum absolute atomic E-state index is 0.704. The van der Waals surface area contributed by atoms with Crippen molar-refractivity contribution < 1.29 is 4.79 Å².